The molecule has 0 saturated carbocycles. The van der Waals surface area contributed by atoms with Crippen molar-refractivity contribution in [3.05, 3.63) is 0 Å². The molecule has 4 heteroatoms. The monoisotopic (exact) mass is 142 g/mol. The van der Waals surface area contributed by atoms with Gasteiger partial charge in [0.05, 0.1) is 0 Å². The number of hydrogen-bond donors (Lipinski definition) is 0. The van der Waals surface area contributed by atoms with Gasteiger partial charge < -0.3 is 0 Å². The van der Waals surface area contributed by atoms with Gasteiger partial charge in [0, 0.05) is 14.1 Å². The predicted octanol–water partition coefficient (Wildman–Crippen LogP) is -0.146. The second-order valence-corrected chi connectivity index (χ2v) is 4.90. The second-order valence-electron chi connectivity index (χ2n) is 1.98. The van der Waals surface area contributed by atoms with E-state index in [2.05, 4.69) is 23.4 Å². The van der Waals surface area contributed by atoms with E-state index in [0.29, 0.717) is 0 Å². The average molecular weight is 142 g/mol. The summed E-state index contributed by atoms with van der Waals surface area (Å²) in [6.07, 6.45) is 0. The highest BCUT2D eigenvalue weighted by Gasteiger charge is 2.14. The first-order valence-corrected chi connectivity index (χ1v) is 5.06. The van der Waals surface area contributed by atoms with Crippen LogP contribution < -0.4 is 0 Å². The quantitative estimate of drug-likeness (QED) is 0.470. The van der Waals surface area contributed by atoms with Gasteiger partial charge >= 0.3 is 0 Å². The smallest absolute Gasteiger partial charge is 0.150 e. The van der Waals surface area contributed by atoms with Crippen molar-refractivity contribution in [1.82, 2.24) is 9.35 Å². The van der Waals surface area contributed by atoms with Gasteiger partial charge in [-0.15, -0.1) is 0 Å². The Morgan fingerprint density at radius 3 is 2.00 bits per heavy atom. The molecule has 0 bridgehead atoms. The molecule has 0 aromatic heterocycles. The van der Waals surface area contributed by atoms with Crippen LogP contribution in [-0.4, -0.2) is 42.8 Å². The van der Waals surface area contributed by atoms with Crippen LogP contribution in [0.25, 0.3) is 0 Å². The minimum Gasteiger partial charge on any atom is -0.287 e. The van der Waals surface area contributed by atoms with Gasteiger partial charge in [0.25, 0.3) is 0 Å². The lowest BCUT2D eigenvalue weighted by molar-refractivity contribution is 0.232. The van der Waals surface area contributed by atoms with Crippen molar-refractivity contribution in [1.29, 1.82) is 0 Å². The lowest BCUT2D eigenvalue weighted by Crippen LogP contribution is -2.37. The Balaban J connectivity index is 2.24. The summed E-state index contributed by atoms with van der Waals surface area (Å²) >= 11 is 0. The van der Waals surface area contributed by atoms with Crippen LogP contribution in [0.15, 0.2) is 0 Å². The Hall–Kier alpha value is 0.354. The molecule has 1 saturated heterocycles. The molecule has 4 radical (unpaired) electrons. The van der Waals surface area contributed by atoms with Crippen molar-refractivity contribution in [3.8, 4) is 0 Å². The molecule has 0 atom stereocenters. The van der Waals surface area contributed by atoms with Crippen LogP contribution >= 0.6 is 0 Å². The van der Waals surface area contributed by atoms with Crippen LogP contribution in [0.5, 0.6) is 0 Å². The molecular weight excluding hydrogens is 132 g/mol. The van der Waals surface area contributed by atoms with E-state index in [1.807, 2.05) is 0 Å². The molecular formula is C4H10N2Si2. The molecule has 44 valence electrons. The largest absolute Gasteiger partial charge is 0.287 e. The number of hydrogen-bond acceptors (Lipinski definition) is 2. The minimum absolute atomic E-state index is 1.05. The lowest BCUT2D eigenvalue weighted by Gasteiger charge is -2.21. The van der Waals surface area contributed by atoms with E-state index >= 15 is 0 Å². The molecule has 2 nitrogen and oxygen atoms in total. The van der Waals surface area contributed by atoms with Gasteiger partial charge in [-0.3, -0.25) is 9.35 Å². The normalized spacial score (nSPS) is 22.9. The highest BCUT2D eigenvalue weighted by molar-refractivity contribution is 6.55. The van der Waals surface area contributed by atoms with Crippen molar-refractivity contribution in [3.63, 3.8) is 0 Å². The molecule has 1 aliphatic rings. The Kier molecular flexibility index (Phi) is 2.24. The van der Waals surface area contributed by atoms with Gasteiger partial charge in [0.15, 0.2) is 19.4 Å². The van der Waals surface area contributed by atoms with Crippen LogP contribution in [-0.2, 0) is 0 Å². The first-order chi connectivity index (χ1) is 3.80. The van der Waals surface area contributed by atoms with E-state index in [4.69, 9.17) is 0 Å². The second kappa shape index (κ2) is 2.77. The van der Waals surface area contributed by atoms with Crippen molar-refractivity contribution in [2.24, 2.45) is 0 Å². The molecule has 8 heavy (non-hydrogen) atoms. The van der Waals surface area contributed by atoms with Gasteiger partial charge in [0.1, 0.15) is 0 Å². The van der Waals surface area contributed by atoms with Gasteiger partial charge in [-0.2, -0.15) is 0 Å². The highest BCUT2D eigenvalue weighted by atomic mass is 28.3. The Bertz CT molecular complexity index is 70.4. The maximum atomic E-state index is 2.42. The first-order valence-electron chi connectivity index (χ1n) is 2.75. The number of hydrazine groups is 1. The zero-order valence-corrected chi connectivity index (χ0v) is 7.31. The van der Waals surface area contributed by atoms with Crippen molar-refractivity contribution >= 4 is 19.4 Å². The maximum absolute atomic E-state index is 2.42. The highest BCUT2D eigenvalue weighted by Crippen LogP contribution is 2.04. The molecule has 0 N–H and O–H groups in total. The summed E-state index contributed by atoms with van der Waals surface area (Å²) in [6.45, 7) is 0. The molecule has 0 aromatic carbocycles. The Labute approximate surface area is 55.6 Å². The number of rotatable bonds is 1. The topological polar surface area (TPSA) is 6.48 Å². The minimum atomic E-state index is 1.05. The fraction of sp³-hybridized carbons (Fsp3) is 1.00. The summed E-state index contributed by atoms with van der Waals surface area (Å²) in [5.74, 6) is 0. The lowest BCUT2D eigenvalue weighted by atomic mass is 11.0. The first kappa shape index (κ1) is 6.47. The summed E-state index contributed by atoms with van der Waals surface area (Å²) in [5.41, 5.74) is 0. The SMILES string of the molecule is CN(C)N1[Si]CC[Si]1. The molecule has 0 spiro atoms. The predicted molar refractivity (Wildman–Crippen MR) is 36.6 cm³/mol. The summed E-state index contributed by atoms with van der Waals surface area (Å²) in [7, 11) is 6.34. The molecule has 0 aromatic rings. The van der Waals surface area contributed by atoms with E-state index in [0.717, 1.165) is 19.4 Å². The Morgan fingerprint density at radius 2 is 1.75 bits per heavy atom. The Morgan fingerprint density at radius 1 is 1.25 bits per heavy atom. The van der Waals surface area contributed by atoms with Crippen LogP contribution in [0.3, 0.4) is 0 Å². The molecule has 1 fully saturated rings. The van der Waals surface area contributed by atoms with Crippen molar-refractivity contribution in [2.75, 3.05) is 14.1 Å². The molecule has 0 amide bonds. The third kappa shape index (κ3) is 1.41. The molecule has 0 aliphatic carbocycles. The van der Waals surface area contributed by atoms with E-state index in [9.17, 15) is 0 Å². The van der Waals surface area contributed by atoms with Gasteiger partial charge in [-0.05, 0) is 12.1 Å². The van der Waals surface area contributed by atoms with Gasteiger partial charge in [-0.25, -0.2) is 0 Å². The fourth-order valence-electron chi connectivity index (χ4n) is 0.662. The van der Waals surface area contributed by atoms with Crippen molar-refractivity contribution < 1.29 is 0 Å². The van der Waals surface area contributed by atoms with Crippen LogP contribution in [0.2, 0.25) is 12.1 Å². The third-order valence-corrected chi connectivity index (χ3v) is 4.84. The van der Waals surface area contributed by atoms with Crippen molar-refractivity contribution in [2.45, 2.75) is 12.1 Å². The van der Waals surface area contributed by atoms with Gasteiger partial charge in [-0.1, -0.05) is 0 Å². The van der Waals surface area contributed by atoms with E-state index < -0.39 is 0 Å². The molecule has 1 aliphatic heterocycles. The molecule has 1 heterocycles. The maximum Gasteiger partial charge on any atom is 0.150 e. The van der Waals surface area contributed by atoms with E-state index in [1.54, 1.807) is 0 Å². The van der Waals surface area contributed by atoms with Gasteiger partial charge in [0.2, 0.25) is 0 Å². The summed E-state index contributed by atoms with van der Waals surface area (Å²) < 4.78 is 2.42. The summed E-state index contributed by atoms with van der Waals surface area (Å²) in [4.78, 5) is 0. The van der Waals surface area contributed by atoms with Crippen LogP contribution in [0.4, 0.5) is 0 Å². The zero-order chi connectivity index (χ0) is 5.98. The van der Waals surface area contributed by atoms with E-state index in [1.165, 1.54) is 12.1 Å². The summed E-state index contributed by atoms with van der Waals surface area (Å²) in [5, 5.41) is 2.20. The zero-order valence-electron chi connectivity index (χ0n) is 5.31. The standard InChI is InChI=1S/C4H10N2Si2/c1-5(2)6-7-3-4-8-6/h3-4H2,1-2H3. The van der Waals surface area contributed by atoms with Crippen LogP contribution in [0, 0.1) is 0 Å². The molecule has 1 rings (SSSR count). The van der Waals surface area contributed by atoms with E-state index in [-0.39, 0.29) is 0 Å². The van der Waals surface area contributed by atoms with Crippen LogP contribution in [0.1, 0.15) is 0 Å². The molecule has 0 unspecified atom stereocenters. The fourth-order valence-corrected chi connectivity index (χ4v) is 3.66. The third-order valence-electron chi connectivity index (χ3n) is 1.05. The number of nitrogens with zero attached hydrogens (tertiary/aromatic N) is 2. The summed E-state index contributed by atoms with van der Waals surface area (Å²) in [6, 6.07) is 2.83. The average Bonchev–Trinajstić information content (AvgIpc) is 2.12.